The highest BCUT2D eigenvalue weighted by molar-refractivity contribution is 5.81. The van der Waals surface area contributed by atoms with Crippen LogP contribution in [0.5, 0.6) is 0 Å². The molecule has 0 fully saturated rings. The van der Waals surface area contributed by atoms with E-state index in [9.17, 15) is 35.5 Å². The summed E-state index contributed by atoms with van der Waals surface area (Å²) in [5, 5.41) is 0. The smallest absolute Gasteiger partial charge is 0.442 e. The summed E-state index contributed by atoms with van der Waals surface area (Å²) in [5.74, 6) is -3.05. The van der Waals surface area contributed by atoms with Crippen molar-refractivity contribution in [2.75, 3.05) is 19.8 Å². The maximum absolute atomic E-state index is 12.9. The molecule has 108 valence electrons. The maximum Gasteiger partial charge on any atom is 0.442 e. The topological polar surface area (TPSA) is 35.5 Å². The second-order valence-electron chi connectivity index (χ2n) is 2.99. The minimum atomic E-state index is -6.45. The minimum Gasteiger partial charge on any atom is -0.460 e. The Bertz CT molecular complexity index is 269. The van der Waals surface area contributed by atoms with E-state index in [2.05, 4.69) is 9.47 Å². The van der Waals surface area contributed by atoms with Crippen LogP contribution in [0.25, 0.3) is 0 Å². The molecule has 0 saturated carbocycles. The monoisotopic (exact) mass is 286 g/mol. The molecule has 0 aromatic heterocycles. The Morgan fingerprint density at radius 1 is 0.944 bits per heavy atom. The van der Waals surface area contributed by atoms with E-state index in [4.69, 9.17) is 0 Å². The van der Waals surface area contributed by atoms with Crippen LogP contribution >= 0.6 is 0 Å². The average Bonchev–Trinajstić information content (AvgIpc) is 2.19. The number of carbonyl (C=O) groups excluding carboxylic acids is 1. The first-order valence-electron chi connectivity index (χ1n) is 4.55. The summed E-state index contributed by atoms with van der Waals surface area (Å²) < 4.78 is 93.0. The van der Waals surface area contributed by atoms with Gasteiger partial charge in [0, 0.05) is 6.61 Å². The number of rotatable bonds is 5. The van der Waals surface area contributed by atoms with E-state index < -0.39 is 37.2 Å². The van der Waals surface area contributed by atoms with Crippen LogP contribution in [-0.2, 0) is 14.3 Å². The van der Waals surface area contributed by atoms with Crippen LogP contribution in [0.3, 0.4) is 0 Å². The Morgan fingerprint density at radius 3 is 1.72 bits per heavy atom. The summed E-state index contributed by atoms with van der Waals surface area (Å²) in [4.78, 5) is 10.6. The second kappa shape index (κ2) is 5.72. The Hall–Kier alpha value is -1.06. The van der Waals surface area contributed by atoms with Crippen LogP contribution in [0.2, 0.25) is 0 Å². The number of alkyl halides is 7. The molecule has 0 aliphatic carbocycles. The molecular weight excluding hydrogens is 277 g/mol. The number of hydrogen-bond acceptors (Lipinski definition) is 3. The number of halogens is 7. The summed E-state index contributed by atoms with van der Waals surface area (Å²) in [6, 6.07) is 0. The van der Waals surface area contributed by atoms with Crippen molar-refractivity contribution in [1.82, 2.24) is 0 Å². The van der Waals surface area contributed by atoms with Crippen LogP contribution in [0, 0.1) is 0 Å². The molecule has 0 spiro atoms. The van der Waals surface area contributed by atoms with E-state index in [1.165, 1.54) is 6.92 Å². The molecule has 3 nitrogen and oxygen atoms in total. The lowest BCUT2D eigenvalue weighted by atomic mass is 10.1. The normalized spacial score (nSPS) is 13.6. The molecule has 0 aliphatic rings. The van der Waals surface area contributed by atoms with Crippen molar-refractivity contribution in [1.29, 1.82) is 0 Å². The van der Waals surface area contributed by atoms with Crippen molar-refractivity contribution in [3.63, 3.8) is 0 Å². The van der Waals surface area contributed by atoms with E-state index in [1.54, 1.807) is 0 Å². The van der Waals surface area contributed by atoms with E-state index in [0.29, 0.717) is 0 Å². The minimum absolute atomic E-state index is 0.108. The van der Waals surface area contributed by atoms with Crippen molar-refractivity contribution in [2.24, 2.45) is 0 Å². The zero-order valence-electron chi connectivity index (χ0n) is 8.99. The highest BCUT2D eigenvalue weighted by Gasteiger charge is 2.78. The van der Waals surface area contributed by atoms with E-state index in [0.717, 1.165) is 0 Å². The average molecular weight is 286 g/mol. The summed E-state index contributed by atoms with van der Waals surface area (Å²) in [7, 11) is 0. The van der Waals surface area contributed by atoms with Crippen molar-refractivity contribution in [3.8, 4) is 0 Å². The highest BCUT2D eigenvalue weighted by Crippen LogP contribution is 2.46. The van der Waals surface area contributed by atoms with Gasteiger partial charge in [-0.25, -0.2) is 9.18 Å². The standard InChI is InChI=1S/C8H9F7O3/c1-2-17-3-4-18-5(16)6(9,7(10,11)12)8(13,14)15/h2-4H2,1H3. The lowest BCUT2D eigenvalue weighted by molar-refractivity contribution is -0.333. The first-order chi connectivity index (χ1) is 7.98. The highest BCUT2D eigenvalue weighted by atomic mass is 19.4. The van der Waals surface area contributed by atoms with E-state index in [-0.39, 0.29) is 6.61 Å². The number of carbonyl (C=O) groups is 1. The molecule has 0 atom stereocenters. The van der Waals surface area contributed by atoms with Crippen LogP contribution in [0.15, 0.2) is 0 Å². The van der Waals surface area contributed by atoms with Gasteiger partial charge in [-0.05, 0) is 6.92 Å². The van der Waals surface area contributed by atoms with Crippen molar-refractivity contribution in [3.05, 3.63) is 0 Å². The predicted molar refractivity (Wildman–Crippen MR) is 43.4 cm³/mol. The van der Waals surface area contributed by atoms with Crippen molar-refractivity contribution in [2.45, 2.75) is 24.9 Å². The molecule has 0 aliphatic heterocycles. The van der Waals surface area contributed by atoms with Crippen LogP contribution in [-0.4, -0.2) is 43.8 Å². The zero-order chi connectivity index (χ0) is 14.6. The van der Waals surface area contributed by atoms with Gasteiger partial charge in [-0.1, -0.05) is 0 Å². The molecule has 0 heterocycles. The first-order valence-corrected chi connectivity index (χ1v) is 4.55. The Morgan fingerprint density at radius 2 is 1.39 bits per heavy atom. The fraction of sp³-hybridized carbons (Fsp3) is 0.875. The first kappa shape index (κ1) is 16.9. The van der Waals surface area contributed by atoms with Gasteiger partial charge in [-0.2, -0.15) is 26.3 Å². The lowest BCUT2D eigenvalue weighted by Crippen LogP contribution is -2.59. The lowest BCUT2D eigenvalue weighted by Gasteiger charge is -2.27. The van der Waals surface area contributed by atoms with Crippen molar-refractivity contribution >= 4 is 5.97 Å². The fourth-order valence-electron chi connectivity index (χ4n) is 0.829. The number of ether oxygens (including phenoxy) is 2. The summed E-state index contributed by atoms with van der Waals surface area (Å²) in [6.45, 7) is 0.252. The molecule has 0 amide bonds. The SMILES string of the molecule is CCOCCOC(=O)C(F)(C(F)(F)F)C(F)(F)F. The Kier molecular flexibility index (Phi) is 5.38. The molecule has 0 rings (SSSR count). The molecule has 0 aromatic carbocycles. The third-order valence-corrected chi connectivity index (χ3v) is 1.73. The number of esters is 1. The van der Waals surface area contributed by atoms with Gasteiger partial charge in [-0.15, -0.1) is 0 Å². The fourth-order valence-corrected chi connectivity index (χ4v) is 0.829. The third kappa shape index (κ3) is 3.47. The second-order valence-corrected chi connectivity index (χ2v) is 2.99. The number of hydrogen-bond donors (Lipinski definition) is 0. The molecule has 0 bridgehead atoms. The molecule has 0 radical (unpaired) electrons. The van der Waals surface area contributed by atoms with Gasteiger partial charge in [0.15, 0.2) is 0 Å². The van der Waals surface area contributed by atoms with Gasteiger partial charge in [0.05, 0.1) is 6.61 Å². The maximum atomic E-state index is 12.9. The van der Waals surface area contributed by atoms with Gasteiger partial charge in [0.2, 0.25) is 0 Å². The van der Waals surface area contributed by atoms with Crippen molar-refractivity contribution < 1.29 is 45.0 Å². The molecule has 0 saturated heterocycles. The molecule has 0 unspecified atom stereocenters. The summed E-state index contributed by atoms with van der Waals surface area (Å²) >= 11 is 0. The van der Waals surface area contributed by atoms with Gasteiger partial charge in [0.25, 0.3) is 0 Å². The summed E-state index contributed by atoms with van der Waals surface area (Å²) in [6.07, 6.45) is -12.9. The zero-order valence-corrected chi connectivity index (χ0v) is 8.99. The third-order valence-electron chi connectivity index (χ3n) is 1.73. The molecule has 0 N–H and O–H groups in total. The summed E-state index contributed by atoms with van der Waals surface area (Å²) in [5.41, 5.74) is -6.04. The quantitative estimate of drug-likeness (QED) is 0.442. The Labute approximate surface area is 96.8 Å². The van der Waals surface area contributed by atoms with Crippen LogP contribution in [0.1, 0.15) is 6.92 Å². The van der Waals surface area contributed by atoms with Gasteiger partial charge < -0.3 is 9.47 Å². The van der Waals surface area contributed by atoms with Gasteiger partial charge >= 0.3 is 24.0 Å². The van der Waals surface area contributed by atoms with E-state index in [1.807, 2.05) is 0 Å². The molecule has 10 heteroatoms. The molecule has 0 aromatic rings. The predicted octanol–water partition coefficient (Wildman–Crippen LogP) is 2.40. The van der Waals surface area contributed by atoms with Crippen LogP contribution < -0.4 is 0 Å². The van der Waals surface area contributed by atoms with Crippen LogP contribution in [0.4, 0.5) is 30.7 Å². The van der Waals surface area contributed by atoms with E-state index >= 15 is 0 Å². The molecular formula is C8H9F7O3. The van der Waals surface area contributed by atoms with Gasteiger partial charge in [-0.3, -0.25) is 0 Å². The van der Waals surface area contributed by atoms with Gasteiger partial charge in [0.1, 0.15) is 6.61 Å². The Balaban J connectivity index is 4.86. The largest absolute Gasteiger partial charge is 0.460 e. The molecule has 18 heavy (non-hydrogen) atoms.